The number of likely N-dealkylation sites (tertiary alicyclic amines) is 1. The van der Waals surface area contributed by atoms with Crippen LogP contribution in [0.1, 0.15) is 78.6 Å². The first-order valence-electron chi connectivity index (χ1n) is 9.26. The largest absolute Gasteiger partial charge is 0.331 e. The van der Waals surface area contributed by atoms with Gasteiger partial charge in [0.05, 0.1) is 12.1 Å². The van der Waals surface area contributed by atoms with Crippen molar-refractivity contribution in [3.8, 4) is 6.07 Å². The summed E-state index contributed by atoms with van der Waals surface area (Å²) >= 11 is 0. The van der Waals surface area contributed by atoms with Gasteiger partial charge < -0.3 is 4.90 Å². The molecule has 0 aromatic rings. The summed E-state index contributed by atoms with van der Waals surface area (Å²) in [5.41, 5.74) is 0. The number of amides is 1. The van der Waals surface area contributed by atoms with E-state index in [0.29, 0.717) is 18.9 Å². The number of nitrogens with zero attached hydrogens (tertiary/aromatic N) is 2. The molecule has 0 N–H and O–H groups in total. The molecule has 0 aromatic carbocycles. The van der Waals surface area contributed by atoms with E-state index < -0.39 is 5.92 Å². The maximum atomic E-state index is 12.3. The van der Waals surface area contributed by atoms with Crippen LogP contribution in [-0.2, 0) is 9.59 Å². The van der Waals surface area contributed by atoms with Gasteiger partial charge in [0.25, 0.3) is 0 Å². The van der Waals surface area contributed by atoms with Crippen molar-refractivity contribution in [1.82, 2.24) is 4.90 Å². The topological polar surface area (TPSA) is 61.2 Å². The quantitative estimate of drug-likeness (QED) is 0.425. The van der Waals surface area contributed by atoms with E-state index in [4.69, 9.17) is 5.26 Å². The minimum atomic E-state index is -1.06. The van der Waals surface area contributed by atoms with Crippen molar-refractivity contribution >= 4 is 11.7 Å². The molecule has 0 saturated carbocycles. The normalized spacial score (nSPS) is 21.3. The van der Waals surface area contributed by atoms with Gasteiger partial charge in [0.1, 0.15) is 0 Å². The van der Waals surface area contributed by atoms with Gasteiger partial charge in [-0.05, 0) is 18.8 Å². The van der Waals surface area contributed by atoms with Crippen molar-refractivity contribution in [3.05, 3.63) is 0 Å². The fourth-order valence-corrected chi connectivity index (χ4v) is 3.28. The third kappa shape index (κ3) is 5.97. The highest BCUT2D eigenvalue weighted by atomic mass is 16.2. The van der Waals surface area contributed by atoms with Crippen LogP contribution in [0.3, 0.4) is 0 Å². The van der Waals surface area contributed by atoms with Crippen LogP contribution in [0.2, 0.25) is 0 Å². The molecule has 0 bridgehead atoms. The smallest absolute Gasteiger partial charge is 0.248 e. The molecule has 0 aliphatic carbocycles. The molecule has 0 aromatic heterocycles. The molecule has 1 saturated heterocycles. The molecule has 130 valence electrons. The molecule has 4 nitrogen and oxygen atoms in total. The summed E-state index contributed by atoms with van der Waals surface area (Å²) in [5, 5.41) is 9.07. The van der Waals surface area contributed by atoms with Crippen molar-refractivity contribution in [2.24, 2.45) is 11.8 Å². The van der Waals surface area contributed by atoms with Gasteiger partial charge in [-0.1, -0.05) is 65.7 Å². The zero-order valence-electron chi connectivity index (χ0n) is 15.0. The fraction of sp³-hybridized carbons (Fsp3) is 0.842. The Morgan fingerprint density at radius 3 is 2.13 bits per heavy atom. The summed E-state index contributed by atoms with van der Waals surface area (Å²) in [6.45, 7) is 6.93. The first kappa shape index (κ1) is 19.7. The van der Waals surface area contributed by atoms with E-state index in [1.165, 1.54) is 38.5 Å². The van der Waals surface area contributed by atoms with Gasteiger partial charge in [0.2, 0.25) is 5.91 Å². The van der Waals surface area contributed by atoms with Gasteiger partial charge in [0.15, 0.2) is 11.7 Å². The number of rotatable bonds is 11. The summed E-state index contributed by atoms with van der Waals surface area (Å²) in [6.07, 6.45) is 10.3. The Morgan fingerprint density at radius 1 is 1.04 bits per heavy atom. The molecule has 4 heteroatoms. The number of nitriles is 1. The molecule has 1 aliphatic heterocycles. The Bertz CT molecular complexity index is 426. The van der Waals surface area contributed by atoms with Crippen LogP contribution in [0.25, 0.3) is 0 Å². The molecule has 0 spiro atoms. The molecular formula is C19H32N2O2. The SMILES string of the molecule is CCCCCCCCCCN1C(=O)C(C#N)C(=O)[C@@H]1CC(C)C. The van der Waals surface area contributed by atoms with Crippen LogP contribution >= 0.6 is 0 Å². The summed E-state index contributed by atoms with van der Waals surface area (Å²) in [4.78, 5) is 26.2. The number of carbonyl (C=O) groups is 2. The molecule has 1 rings (SSSR count). The Hall–Kier alpha value is -1.37. The lowest BCUT2D eigenvalue weighted by atomic mass is 9.97. The molecule has 23 heavy (non-hydrogen) atoms. The molecule has 1 aliphatic rings. The van der Waals surface area contributed by atoms with Crippen LogP contribution in [0.5, 0.6) is 0 Å². The van der Waals surface area contributed by atoms with Gasteiger partial charge in [-0.15, -0.1) is 0 Å². The standard InChI is InChI=1S/C19H32N2O2/c1-4-5-6-7-8-9-10-11-12-21-17(13-15(2)3)18(22)16(14-20)19(21)23/h15-17H,4-13H2,1-3H3/t16?,17-/m0/s1. The predicted octanol–water partition coefficient (Wildman–Crippen LogP) is 4.09. The number of hydrogen-bond donors (Lipinski definition) is 0. The highest BCUT2D eigenvalue weighted by Crippen LogP contribution is 2.26. The van der Waals surface area contributed by atoms with Crippen LogP contribution in [0, 0.1) is 23.2 Å². The second kappa shape index (κ2) is 10.4. The number of carbonyl (C=O) groups excluding carboxylic acids is 2. The molecule has 1 unspecified atom stereocenters. The van der Waals surface area contributed by atoms with Crippen LogP contribution in [-0.4, -0.2) is 29.2 Å². The van der Waals surface area contributed by atoms with E-state index in [2.05, 4.69) is 6.92 Å². The number of unbranched alkanes of at least 4 members (excludes halogenated alkanes) is 7. The van der Waals surface area contributed by atoms with Gasteiger partial charge in [-0.25, -0.2) is 0 Å². The number of ketones is 1. The lowest BCUT2D eigenvalue weighted by Gasteiger charge is -2.24. The van der Waals surface area contributed by atoms with Gasteiger partial charge in [-0.2, -0.15) is 5.26 Å². The average Bonchev–Trinajstić information content (AvgIpc) is 2.72. The number of Topliss-reactive ketones (excluding diaryl/α,β-unsaturated/α-hetero) is 1. The zero-order valence-corrected chi connectivity index (χ0v) is 15.0. The summed E-state index contributed by atoms with van der Waals surface area (Å²) in [6, 6.07) is 1.51. The molecular weight excluding hydrogens is 288 g/mol. The van der Waals surface area contributed by atoms with E-state index in [-0.39, 0.29) is 17.7 Å². The van der Waals surface area contributed by atoms with Crippen molar-refractivity contribution in [2.75, 3.05) is 6.54 Å². The monoisotopic (exact) mass is 320 g/mol. The van der Waals surface area contributed by atoms with E-state index in [1.807, 2.05) is 19.9 Å². The van der Waals surface area contributed by atoms with Gasteiger partial charge in [-0.3, -0.25) is 9.59 Å². The molecule has 1 amide bonds. The Morgan fingerprint density at radius 2 is 1.61 bits per heavy atom. The lowest BCUT2D eigenvalue weighted by molar-refractivity contribution is -0.131. The molecule has 1 fully saturated rings. The molecule has 1 heterocycles. The highest BCUT2D eigenvalue weighted by Gasteiger charge is 2.46. The van der Waals surface area contributed by atoms with Crippen LogP contribution in [0.4, 0.5) is 0 Å². The second-order valence-electron chi connectivity index (χ2n) is 7.12. The van der Waals surface area contributed by atoms with Crippen molar-refractivity contribution in [1.29, 1.82) is 5.26 Å². The third-order valence-corrected chi connectivity index (χ3v) is 4.60. The van der Waals surface area contributed by atoms with E-state index in [0.717, 1.165) is 12.8 Å². The Kier molecular flexibility index (Phi) is 8.91. The predicted molar refractivity (Wildman–Crippen MR) is 91.7 cm³/mol. The average molecular weight is 320 g/mol. The lowest BCUT2D eigenvalue weighted by Crippen LogP contribution is -2.37. The first-order valence-corrected chi connectivity index (χ1v) is 9.26. The number of hydrogen-bond acceptors (Lipinski definition) is 3. The second-order valence-corrected chi connectivity index (χ2v) is 7.12. The maximum absolute atomic E-state index is 12.3. The summed E-state index contributed by atoms with van der Waals surface area (Å²) in [5.74, 6) is -1.18. The van der Waals surface area contributed by atoms with Crippen LogP contribution < -0.4 is 0 Å². The van der Waals surface area contributed by atoms with E-state index in [1.54, 1.807) is 4.90 Å². The Balaban J connectivity index is 2.39. The summed E-state index contributed by atoms with van der Waals surface area (Å²) < 4.78 is 0. The summed E-state index contributed by atoms with van der Waals surface area (Å²) in [7, 11) is 0. The zero-order chi connectivity index (χ0) is 17.2. The van der Waals surface area contributed by atoms with E-state index in [9.17, 15) is 9.59 Å². The molecule has 2 atom stereocenters. The fourth-order valence-electron chi connectivity index (χ4n) is 3.28. The van der Waals surface area contributed by atoms with Crippen LogP contribution in [0.15, 0.2) is 0 Å². The van der Waals surface area contributed by atoms with Crippen molar-refractivity contribution in [2.45, 2.75) is 84.6 Å². The highest BCUT2D eigenvalue weighted by molar-refractivity contribution is 6.12. The maximum Gasteiger partial charge on any atom is 0.248 e. The van der Waals surface area contributed by atoms with Gasteiger partial charge >= 0.3 is 0 Å². The third-order valence-electron chi connectivity index (χ3n) is 4.60. The minimum Gasteiger partial charge on any atom is -0.331 e. The molecule has 0 radical (unpaired) electrons. The minimum absolute atomic E-state index is 0.189. The van der Waals surface area contributed by atoms with E-state index >= 15 is 0 Å². The first-order chi connectivity index (χ1) is 11.0. The van der Waals surface area contributed by atoms with Gasteiger partial charge in [0, 0.05) is 6.54 Å². The van der Waals surface area contributed by atoms with Crippen molar-refractivity contribution in [3.63, 3.8) is 0 Å². The Labute approximate surface area is 141 Å². The van der Waals surface area contributed by atoms with Crippen molar-refractivity contribution < 1.29 is 9.59 Å².